The van der Waals surface area contributed by atoms with Crippen LogP contribution in [0, 0.1) is 0 Å². The summed E-state index contributed by atoms with van der Waals surface area (Å²) in [7, 11) is -8.28. The van der Waals surface area contributed by atoms with Gasteiger partial charge in [0.25, 0.3) is 0 Å². The molecule has 0 atom stereocenters. The molecule has 0 N–H and O–H groups in total. The predicted molar refractivity (Wildman–Crippen MR) is 38.6 cm³/mol. The maximum atomic E-state index is 9.10. The van der Waals surface area contributed by atoms with Crippen molar-refractivity contribution in [2.24, 2.45) is 0 Å². The van der Waals surface area contributed by atoms with Crippen LogP contribution in [0.25, 0.3) is 0 Å². The first kappa shape index (κ1) is 24.2. The standard InChI is InChI=1S/2CH5O3P.2Ca/c2*1-5(2,3)4;;/h2*1H3,(H2,2,3,4);;/q;;2*+2/p-4. The average molecular weight is 268 g/mol. The summed E-state index contributed by atoms with van der Waals surface area (Å²) in [5.41, 5.74) is 0. The van der Waals surface area contributed by atoms with Crippen LogP contribution in [0.2, 0.25) is 0 Å². The van der Waals surface area contributed by atoms with Gasteiger partial charge in [-0.05, 0) is 13.3 Å². The van der Waals surface area contributed by atoms with Crippen molar-refractivity contribution in [3.05, 3.63) is 0 Å². The van der Waals surface area contributed by atoms with E-state index in [2.05, 4.69) is 0 Å². The van der Waals surface area contributed by atoms with Crippen molar-refractivity contribution >= 4 is 90.7 Å². The van der Waals surface area contributed by atoms with Gasteiger partial charge in [-0.2, -0.15) is 0 Å². The molecule has 10 heteroatoms. The predicted octanol–water partition coefficient (Wildman–Crippen LogP) is -3.70. The Labute approximate surface area is 130 Å². The maximum absolute atomic E-state index is 9.10. The molecule has 0 fully saturated rings. The van der Waals surface area contributed by atoms with Crippen LogP contribution < -0.4 is 19.6 Å². The molecule has 12 heavy (non-hydrogen) atoms. The van der Waals surface area contributed by atoms with Crippen molar-refractivity contribution in [1.82, 2.24) is 0 Å². The molecule has 0 saturated carbocycles. The Kier molecular flexibility index (Phi) is 20.8. The van der Waals surface area contributed by atoms with Gasteiger partial charge >= 0.3 is 75.5 Å². The topological polar surface area (TPSA) is 126 Å². The van der Waals surface area contributed by atoms with Crippen LogP contribution in [0.5, 0.6) is 0 Å². The van der Waals surface area contributed by atoms with Crippen molar-refractivity contribution < 1.29 is 28.7 Å². The first-order valence-electron chi connectivity index (χ1n) is 1.99. The van der Waals surface area contributed by atoms with Gasteiger partial charge < -0.3 is 28.7 Å². The van der Waals surface area contributed by atoms with Crippen molar-refractivity contribution in [2.45, 2.75) is 0 Å². The molecule has 0 unspecified atom stereocenters. The molecule has 0 spiro atoms. The first-order valence-corrected chi connectivity index (χ1v) is 5.97. The molecule has 0 aromatic heterocycles. The number of hydrogen-bond donors (Lipinski definition) is 0. The largest absolute Gasteiger partial charge is 2.00 e. The van der Waals surface area contributed by atoms with E-state index in [1.807, 2.05) is 0 Å². The van der Waals surface area contributed by atoms with Crippen molar-refractivity contribution in [3.63, 3.8) is 0 Å². The van der Waals surface area contributed by atoms with Gasteiger partial charge in [-0.15, -0.1) is 0 Å². The zero-order valence-corrected chi connectivity index (χ0v) is 13.0. The van der Waals surface area contributed by atoms with Gasteiger partial charge in [-0.3, -0.25) is 0 Å². The van der Waals surface area contributed by atoms with Gasteiger partial charge in [0.2, 0.25) is 0 Å². The molecule has 0 amide bonds. The van der Waals surface area contributed by atoms with Crippen LogP contribution in [0.3, 0.4) is 0 Å². The quantitative estimate of drug-likeness (QED) is 0.328. The van der Waals surface area contributed by atoms with Gasteiger partial charge in [-0.1, -0.05) is 15.2 Å². The van der Waals surface area contributed by atoms with Gasteiger partial charge in [0.1, 0.15) is 0 Å². The fraction of sp³-hybridized carbons (Fsp3) is 1.00. The minimum absolute atomic E-state index is 0. The van der Waals surface area contributed by atoms with E-state index in [1.165, 1.54) is 0 Å². The summed E-state index contributed by atoms with van der Waals surface area (Å²) in [5.74, 6) is 0. The molecule has 64 valence electrons. The van der Waals surface area contributed by atoms with Gasteiger partial charge in [0.15, 0.2) is 0 Å². The first-order chi connectivity index (χ1) is 4.00. The summed E-state index contributed by atoms with van der Waals surface area (Å²) in [6, 6.07) is 0. The molecule has 0 radical (unpaired) electrons. The average Bonchev–Trinajstić information content (AvgIpc) is 1.12. The van der Waals surface area contributed by atoms with Crippen LogP contribution in [0.1, 0.15) is 0 Å². The van der Waals surface area contributed by atoms with Crippen LogP contribution >= 0.6 is 15.2 Å². The van der Waals surface area contributed by atoms with Gasteiger partial charge in [-0.25, -0.2) is 0 Å². The van der Waals surface area contributed by atoms with E-state index in [0.717, 1.165) is 0 Å². The Hall–Kier alpha value is 2.82. The molecule has 0 aromatic rings. The molecule has 0 aliphatic carbocycles. The van der Waals surface area contributed by atoms with E-state index < -0.39 is 15.2 Å². The van der Waals surface area contributed by atoms with Crippen molar-refractivity contribution in [3.8, 4) is 0 Å². The van der Waals surface area contributed by atoms with E-state index >= 15 is 0 Å². The fourth-order valence-corrected chi connectivity index (χ4v) is 0. The van der Waals surface area contributed by atoms with E-state index in [9.17, 15) is 0 Å². The summed E-state index contributed by atoms with van der Waals surface area (Å²) in [5, 5.41) is 0. The van der Waals surface area contributed by atoms with Crippen molar-refractivity contribution in [1.29, 1.82) is 0 Å². The van der Waals surface area contributed by atoms with Crippen LogP contribution in [0.15, 0.2) is 0 Å². The second kappa shape index (κ2) is 10.3. The van der Waals surface area contributed by atoms with E-state index in [-0.39, 0.29) is 75.5 Å². The molecule has 0 aromatic carbocycles. The summed E-state index contributed by atoms with van der Waals surface area (Å²) in [6.45, 7) is 1.26. The molecular weight excluding hydrogens is 262 g/mol. The second-order valence-corrected chi connectivity index (χ2v) is 4.63. The molecule has 0 aliphatic rings. The SMILES string of the molecule is CP(=O)([O-])[O-].CP(=O)([O-])[O-].[Ca+2].[Ca+2]. The normalized spacial score (nSPS) is 9.83. The third-order valence-electron chi connectivity index (χ3n) is 0. The van der Waals surface area contributed by atoms with E-state index in [0.29, 0.717) is 13.3 Å². The van der Waals surface area contributed by atoms with Crippen LogP contribution in [0.4, 0.5) is 0 Å². The Morgan fingerprint density at radius 3 is 0.750 bits per heavy atom. The molecule has 0 aliphatic heterocycles. The minimum atomic E-state index is -4.14. The summed E-state index contributed by atoms with van der Waals surface area (Å²) < 4.78 is 18.2. The zero-order valence-electron chi connectivity index (χ0n) is 6.76. The Morgan fingerprint density at radius 2 is 0.750 bits per heavy atom. The smallest absolute Gasteiger partial charge is 0.811 e. The molecule has 0 saturated heterocycles. The molecule has 0 heterocycles. The minimum Gasteiger partial charge on any atom is -0.811 e. The monoisotopic (exact) mass is 268 g/mol. The molecule has 0 bridgehead atoms. The van der Waals surface area contributed by atoms with Crippen LogP contribution in [-0.4, -0.2) is 88.8 Å². The van der Waals surface area contributed by atoms with E-state index in [4.69, 9.17) is 28.7 Å². The summed E-state index contributed by atoms with van der Waals surface area (Å²) in [6.07, 6.45) is 0. The zero-order chi connectivity index (χ0) is 9.00. The van der Waals surface area contributed by atoms with Crippen molar-refractivity contribution in [2.75, 3.05) is 13.3 Å². The number of hydrogen-bond acceptors (Lipinski definition) is 6. The Bertz CT molecular complexity index is 134. The van der Waals surface area contributed by atoms with Gasteiger partial charge in [0.05, 0.1) is 0 Å². The Balaban J connectivity index is -0.0000000457. The second-order valence-electron chi connectivity index (χ2n) is 1.54. The molecule has 6 nitrogen and oxygen atoms in total. The van der Waals surface area contributed by atoms with Gasteiger partial charge in [0, 0.05) is 0 Å². The maximum Gasteiger partial charge on any atom is 2.00 e. The third-order valence-corrected chi connectivity index (χ3v) is 0. The summed E-state index contributed by atoms with van der Waals surface area (Å²) >= 11 is 0. The Morgan fingerprint density at radius 1 is 0.750 bits per heavy atom. The molecular formula is C2H6Ca2O6P2. The summed E-state index contributed by atoms with van der Waals surface area (Å²) in [4.78, 5) is 36.4. The van der Waals surface area contributed by atoms with Crippen LogP contribution in [-0.2, 0) is 9.13 Å². The number of rotatable bonds is 0. The molecule has 0 rings (SSSR count). The van der Waals surface area contributed by atoms with E-state index in [1.54, 1.807) is 0 Å². The third kappa shape index (κ3) is 225. The fourth-order valence-electron chi connectivity index (χ4n) is 0.